The average Bonchev–Trinajstić information content (AvgIpc) is 2.72. The molecular weight excluding hydrogens is 393 g/mol. The zero-order chi connectivity index (χ0) is 22.3. The van der Waals surface area contributed by atoms with E-state index in [0.717, 1.165) is 16.8 Å². The first-order valence-corrected chi connectivity index (χ1v) is 10.5. The lowest BCUT2D eigenvalue weighted by Crippen LogP contribution is -2.44. The van der Waals surface area contributed by atoms with Crippen LogP contribution in [0.4, 0.5) is 4.39 Å². The number of benzene rings is 2. The van der Waals surface area contributed by atoms with Crippen LogP contribution in [0, 0.1) is 17.2 Å². The summed E-state index contributed by atoms with van der Waals surface area (Å²) in [5.41, 5.74) is 3.75. The number of methoxy groups -OCH3 is 1. The predicted molar refractivity (Wildman–Crippen MR) is 118 cm³/mol. The first-order valence-electron chi connectivity index (χ1n) is 10.5. The highest BCUT2D eigenvalue weighted by molar-refractivity contribution is 6.12. The number of carbonyl (C=O) groups is 2. The summed E-state index contributed by atoms with van der Waals surface area (Å²) >= 11 is 0. The first-order chi connectivity index (χ1) is 14.7. The van der Waals surface area contributed by atoms with Gasteiger partial charge in [-0.2, -0.15) is 0 Å². The van der Waals surface area contributed by atoms with Crippen molar-refractivity contribution in [1.29, 1.82) is 0 Å². The molecule has 1 heterocycles. The number of nitrogens with zero attached hydrogens (tertiary/aromatic N) is 1. The molecule has 0 amide bonds. The van der Waals surface area contributed by atoms with E-state index in [4.69, 9.17) is 4.74 Å². The summed E-state index contributed by atoms with van der Waals surface area (Å²) in [5.74, 6) is -1.62. The van der Waals surface area contributed by atoms with Gasteiger partial charge in [-0.05, 0) is 36.0 Å². The Morgan fingerprint density at radius 1 is 1.06 bits per heavy atom. The minimum atomic E-state index is -0.481. The molecule has 2 unspecified atom stereocenters. The summed E-state index contributed by atoms with van der Waals surface area (Å²) in [6, 6.07) is 14.0. The minimum Gasteiger partial charge on any atom is -0.466 e. The van der Waals surface area contributed by atoms with Gasteiger partial charge in [0, 0.05) is 29.3 Å². The van der Waals surface area contributed by atoms with Crippen LogP contribution in [0.1, 0.15) is 45.1 Å². The third-order valence-electron chi connectivity index (χ3n) is 6.22. The van der Waals surface area contributed by atoms with E-state index in [-0.39, 0.29) is 17.0 Å². The van der Waals surface area contributed by atoms with E-state index in [1.54, 1.807) is 25.1 Å². The standard InChI is InChI=1S/C26H26FNO3/c1-15-22(25(30)31-4)23(24-20(28-15)13-26(2,3)14-21(24)29)17-11-9-16(10-12-17)18-7-5-6-8-19(18)27/h5-12,23-24H,13-14H2,1-4H3. The van der Waals surface area contributed by atoms with Crippen molar-refractivity contribution in [2.24, 2.45) is 16.3 Å². The highest BCUT2D eigenvalue weighted by Gasteiger charge is 2.47. The van der Waals surface area contributed by atoms with Gasteiger partial charge in [0.1, 0.15) is 11.6 Å². The maximum atomic E-state index is 14.2. The summed E-state index contributed by atoms with van der Waals surface area (Å²) in [4.78, 5) is 30.6. The van der Waals surface area contributed by atoms with E-state index in [1.165, 1.54) is 13.2 Å². The van der Waals surface area contributed by atoms with Gasteiger partial charge in [0.2, 0.25) is 0 Å². The van der Waals surface area contributed by atoms with Crippen LogP contribution in [0.25, 0.3) is 11.1 Å². The molecule has 0 spiro atoms. The normalized spacial score (nSPS) is 22.6. The molecule has 0 radical (unpaired) electrons. The summed E-state index contributed by atoms with van der Waals surface area (Å²) in [6.45, 7) is 5.93. The van der Waals surface area contributed by atoms with Gasteiger partial charge in [-0.15, -0.1) is 0 Å². The number of hydrogen-bond acceptors (Lipinski definition) is 4. The fraction of sp³-hybridized carbons (Fsp3) is 0.346. The first kappa shape index (κ1) is 21.2. The molecule has 0 saturated heterocycles. The highest BCUT2D eigenvalue weighted by atomic mass is 19.1. The Bertz CT molecular complexity index is 1110. The smallest absolute Gasteiger partial charge is 0.336 e. The number of ketones is 1. The van der Waals surface area contributed by atoms with Crippen molar-refractivity contribution >= 4 is 17.5 Å². The number of fused-ring (bicyclic) bond motifs is 1. The number of aliphatic imine (C=N–C) groups is 1. The van der Waals surface area contributed by atoms with Gasteiger partial charge in [0.25, 0.3) is 0 Å². The molecule has 2 aromatic rings. The molecule has 0 bridgehead atoms. The molecule has 5 heteroatoms. The summed E-state index contributed by atoms with van der Waals surface area (Å²) < 4.78 is 19.3. The Labute approximate surface area is 181 Å². The van der Waals surface area contributed by atoms with Gasteiger partial charge < -0.3 is 4.74 Å². The molecule has 0 N–H and O–H groups in total. The Morgan fingerprint density at radius 2 is 1.74 bits per heavy atom. The lowest BCUT2D eigenvalue weighted by molar-refractivity contribution is -0.136. The number of allylic oxidation sites excluding steroid dienone is 1. The Morgan fingerprint density at radius 3 is 2.39 bits per heavy atom. The topological polar surface area (TPSA) is 55.7 Å². The number of hydrogen-bond donors (Lipinski definition) is 0. The molecule has 2 aliphatic rings. The van der Waals surface area contributed by atoms with Gasteiger partial charge >= 0.3 is 5.97 Å². The molecule has 31 heavy (non-hydrogen) atoms. The number of carbonyl (C=O) groups excluding carboxylic acids is 2. The molecule has 0 aromatic heterocycles. The monoisotopic (exact) mass is 419 g/mol. The van der Waals surface area contributed by atoms with E-state index in [2.05, 4.69) is 18.8 Å². The zero-order valence-corrected chi connectivity index (χ0v) is 18.2. The maximum Gasteiger partial charge on any atom is 0.336 e. The fourth-order valence-corrected chi connectivity index (χ4v) is 4.89. The highest BCUT2D eigenvalue weighted by Crippen LogP contribution is 2.47. The lowest BCUT2D eigenvalue weighted by atomic mass is 9.63. The van der Waals surface area contributed by atoms with Crippen LogP contribution < -0.4 is 0 Å². The Balaban J connectivity index is 1.81. The van der Waals surface area contributed by atoms with E-state index in [1.807, 2.05) is 24.3 Å². The molecular formula is C26H26FNO3. The second-order valence-electron chi connectivity index (χ2n) is 9.14. The van der Waals surface area contributed by atoms with Crippen molar-refractivity contribution in [2.75, 3.05) is 7.11 Å². The summed E-state index contributed by atoms with van der Waals surface area (Å²) in [7, 11) is 1.34. The predicted octanol–water partition coefficient (Wildman–Crippen LogP) is 5.48. The molecule has 4 nitrogen and oxygen atoms in total. The van der Waals surface area contributed by atoms with Crippen LogP contribution in [0.15, 0.2) is 64.8 Å². The van der Waals surface area contributed by atoms with E-state index >= 15 is 0 Å². The van der Waals surface area contributed by atoms with Crippen molar-refractivity contribution in [3.63, 3.8) is 0 Å². The van der Waals surface area contributed by atoms with Crippen molar-refractivity contribution in [3.8, 4) is 11.1 Å². The molecule has 4 rings (SSSR count). The molecule has 1 aliphatic carbocycles. The number of ether oxygens (including phenoxy) is 1. The van der Waals surface area contributed by atoms with Gasteiger partial charge in [0.15, 0.2) is 0 Å². The SMILES string of the molecule is COC(=O)C1=C(C)N=C2CC(C)(C)CC(=O)C2C1c1ccc(-c2ccccc2F)cc1. The number of rotatable bonds is 3. The second-order valence-corrected chi connectivity index (χ2v) is 9.14. The lowest BCUT2D eigenvalue weighted by Gasteiger charge is -2.41. The van der Waals surface area contributed by atoms with Gasteiger partial charge in [0.05, 0.1) is 18.6 Å². The third-order valence-corrected chi connectivity index (χ3v) is 6.22. The van der Waals surface area contributed by atoms with Crippen molar-refractivity contribution in [3.05, 3.63) is 71.2 Å². The van der Waals surface area contributed by atoms with Crippen LogP contribution in [-0.4, -0.2) is 24.6 Å². The van der Waals surface area contributed by atoms with Gasteiger partial charge in [-0.25, -0.2) is 9.18 Å². The van der Waals surface area contributed by atoms with E-state index < -0.39 is 17.8 Å². The number of Topliss-reactive ketones (excluding diaryl/α,β-unsaturated/α-hetero) is 1. The Hall–Kier alpha value is -3.08. The second kappa shape index (κ2) is 7.88. The van der Waals surface area contributed by atoms with Gasteiger partial charge in [-0.1, -0.05) is 56.3 Å². The molecule has 160 valence electrons. The molecule has 1 fully saturated rings. The zero-order valence-electron chi connectivity index (χ0n) is 18.2. The van der Waals surface area contributed by atoms with Crippen molar-refractivity contribution in [1.82, 2.24) is 0 Å². The van der Waals surface area contributed by atoms with Crippen molar-refractivity contribution < 1.29 is 18.7 Å². The Kier molecular flexibility index (Phi) is 5.38. The summed E-state index contributed by atoms with van der Waals surface area (Å²) in [6.07, 6.45) is 1.15. The molecule has 1 aliphatic heterocycles. The largest absolute Gasteiger partial charge is 0.466 e. The number of halogens is 1. The van der Waals surface area contributed by atoms with Crippen LogP contribution in [-0.2, 0) is 14.3 Å². The van der Waals surface area contributed by atoms with Crippen LogP contribution in [0.3, 0.4) is 0 Å². The van der Waals surface area contributed by atoms with E-state index in [0.29, 0.717) is 29.7 Å². The average molecular weight is 419 g/mol. The fourth-order valence-electron chi connectivity index (χ4n) is 4.89. The quantitative estimate of drug-likeness (QED) is 0.619. The van der Waals surface area contributed by atoms with Crippen LogP contribution in [0.2, 0.25) is 0 Å². The van der Waals surface area contributed by atoms with E-state index in [9.17, 15) is 14.0 Å². The summed E-state index contributed by atoms with van der Waals surface area (Å²) in [5, 5.41) is 0. The number of esters is 1. The third kappa shape index (κ3) is 3.85. The molecule has 2 atom stereocenters. The van der Waals surface area contributed by atoms with Gasteiger partial charge in [-0.3, -0.25) is 9.79 Å². The maximum absolute atomic E-state index is 14.2. The van der Waals surface area contributed by atoms with Crippen LogP contribution >= 0.6 is 0 Å². The minimum absolute atomic E-state index is 0.0899. The van der Waals surface area contributed by atoms with Crippen LogP contribution in [0.5, 0.6) is 0 Å². The van der Waals surface area contributed by atoms with Crippen molar-refractivity contribution in [2.45, 2.75) is 39.5 Å². The molecule has 2 aromatic carbocycles. The molecule has 1 saturated carbocycles.